The highest BCUT2D eigenvalue weighted by Crippen LogP contribution is 2.26. The summed E-state index contributed by atoms with van der Waals surface area (Å²) < 4.78 is 4.98. The third-order valence-corrected chi connectivity index (χ3v) is 3.69. The molecule has 0 aliphatic heterocycles. The third kappa shape index (κ3) is 3.13. The largest absolute Gasteiger partial charge is 0.461 e. The van der Waals surface area contributed by atoms with Gasteiger partial charge in [-0.1, -0.05) is 0 Å². The summed E-state index contributed by atoms with van der Waals surface area (Å²) in [5.74, 6) is 1.08. The lowest BCUT2D eigenvalue weighted by Crippen LogP contribution is -2.17. The quantitative estimate of drug-likeness (QED) is 0.845. The fourth-order valence-electron chi connectivity index (χ4n) is 1.67. The Bertz CT molecular complexity index is 607. The van der Waals surface area contributed by atoms with E-state index >= 15 is 0 Å². The molecule has 2 aromatic rings. The predicted octanol–water partition coefficient (Wildman–Crippen LogP) is 1.69. The van der Waals surface area contributed by atoms with Crippen LogP contribution in [0.15, 0.2) is 0 Å². The van der Waals surface area contributed by atoms with Gasteiger partial charge >= 0.3 is 5.97 Å². The minimum Gasteiger partial charge on any atom is -0.461 e. The maximum Gasteiger partial charge on any atom is 0.358 e. The van der Waals surface area contributed by atoms with Gasteiger partial charge in [0.15, 0.2) is 16.6 Å². The van der Waals surface area contributed by atoms with Crippen LogP contribution in [-0.2, 0) is 11.3 Å². The summed E-state index contributed by atoms with van der Waals surface area (Å²) in [6, 6.07) is 0. The standard InChI is InChI=1S/C12H17N5O2S/c1-5-19-11(18)10-7(2)20-12(14-10)17(4)6-9-13-8(3)15-16-9/h5-6H2,1-4H3,(H,13,15,16). The van der Waals surface area contributed by atoms with Crippen molar-refractivity contribution in [3.05, 3.63) is 22.2 Å². The second kappa shape index (κ2) is 6.00. The van der Waals surface area contributed by atoms with Gasteiger partial charge in [0.1, 0.15) is 5.82 Å². The summed E-state index contributed by atoms with van der Waals surface area (Å²) in [6.07, 6.45) is 0. The van der Waals surface area contributed by atoms with Crippen LogP contribution in [0.25, 0.3) is 0 Å². The van der Waals surface area contributed by atoms with E-state index in [-0.39, 0.29) is 5.97 Å². The van der Waals surface area contributed by atoms with Crippen LogP contribution >= 0.6 is 11.3 Å². The first-order valence-corrected chi connectivity index (χ1v) is 7.06. The Labute approximate surface area is 121 Å². The zero-order valence-electron chi connectivity index (χ0n) is 11.9. The zero-order valence-corrected chi connectivity index (χ0v) is 12.7. The molecule has 0 aromatic carbocycles. The van der Waals surface area contributed by atoms with Crippen molar-refractivity contribution in [2.45, 2.75) is 27.3 Å². The van der Waals surface area contributed by atoms with Crippen molar-refractivity contribution in [3.63, 3.8) is 0 Å². The number of hydrogen-bond acceptors (Lipinski definition) is 7. The molecule has 7 nitrogen and oxygen atoms in total. The Morgan fingerprint density at radius 2 is 2.15 bits per heavy atom. The molecule has 0 saturated carbocycles. The lowest BCUT2D eigenvalue weighted by atomic mass is 10.4. The van der Waals surface area contributed by atoms with Gasteiger partial charge in [-0.05, 0) is 20.8 Å². The minimum absolute atomic E-state index is 0.345. The van der Waals surface area contributed by atoms with Gasteiger partial charge in [-0.25, -0.2) is 14.8 Å². The number of aryl methyl sites for hydroxylation is 2. The number of ether oxygens (including phenoxy) is 1. The van der Waals surface area contributed by atoms with Crippen molar-refractivity contribution in [2.24, 2.45) is 0 Å². The predicted molar refractivity (Wildman–Crippen MR) is 76.0 cm³/mol. The Kier molecular flexibility index (Phi) is 4.33. The normalized spacial score (nSPS) is 10.6. The summed E-state index contributed by atoms with van der Waals surface area (Å²) >= 11 is 1.45. The van der Waals surface area contributed by atoms with Crippen LogP contribution in [0, 0.1) is 13.8 Å². The van der Waals surface area contributed by atoms with Crippen molar-refractivity contribution in [2.75, 3.05) is 18.6 Å². The van der Waals surface area contributed by atoms with E-state index in [2.05, 4.69) is 20.2 Å². The number of nitrogens with zero attached hydrogens (tertiary/aromatic N) is 4. The molecule has 108 valence electrons. The van der Waals surface area contributed by atoms with Gasteiger partial charge in [-0.3, -0.25) is 5.10 Å². The number of aromatic amines is 1. The highest BCUT2D eigenvalue weighted by Gasteiger charge is 2.19. The molecular weight excluding hydrogens is 278 g/mol. The van der Waals surface area contributed by atoms with Gasteiger partial charge in [0, 0.05) is 11.9 Å². The summed E-state index contributed by atoms with van der Waals surface area (Å²) in [7, 11) is 1.89. The molecule has 0 amide bonds. The van der Waals surface area contributed by atoms with Crippen molar-refractivity contribution in [3.8, 4) is 0 Å². The Morgan fingerprint density at radius 3 is 2.75 bits per heavy atom. The molecule has 0 aliphatic carbocycles. The monoisotopic (exact) mass is 295 g/mol. The molecule has 0 radical (unpaired) electrons. The van der Waals surface area contributed by atoms with Crippen LogP contribution in [-0.4, -0.2) is 39.8 Å². The molecule has 0 unspecified atom stereocenters. The number of hydrogen-bond donors (Lipinski definition) is 1. The van der Waals surface area contributed by atoms with Crippen molar-refractivity contribution in [1.82, 2.24) is 20.2 Å². The van der Waals surface area contributed by atoms with E-state index in [0.717, 1.165) is 15.8 Å². The molecule has 0 atom stereocenters. The topological polar surface area (TPSA) is 84.0 Å². The van der Waals surface area contributed by atoms with Crippen molar-refractivity contribution < 1.29 is 9.53 Å². The van der Waals surface area contributed by atoms with E-state index in [1.165, 1.54) is 11.3 Å². The fraction of sp³-hybridized carbons (Fsp3) is 0.500. The van der Waals surface area contributed by atoms with Gasteiger partial charge in [-0.2, -0.15) is 5.10 Å². The number of rotatable bonds is 5. The van der Waals surface area contributed by atoms with Crippen molar-refractivity contribution in [1.29, 1.82) is 0 Å². The van der Waals surface area contributed by atoms with E-state index in [1.807, 2.05) is 25.8 Å². The smallest absolute Gasteiger partial charge is 0.358 e. The molecule has 2 rings (SSSR count). The van der Waals surface area contributed by atoms with Crippen LogP contribution < -0.4 is 4.90 Å². The van der Waals surface area contributed by atoms with E-state index in [0.29, 0.717) is 24.7 Å². The lowest BCUT2D eigenvalue weighted by Gasteiger charge is -2.12. The number of aromatic nitrogens is 4. The molecular formula is C12H17N5O2S. The number of thiazole rings is 1. The number of carbonyl (C=O) groups is 1. The Morgan fingerprint density at radius 1 is 1.40 bits per heavy atom. The summed E-state index contributed by atoms with van der Waals surface area (Å²) in [5, 5.41) is 7.62. The number of carbonyl (C=O) groups excluding carboxylic acids is 1. The van der Waals surface area contributed by atoms with Crippen LogP contribution in [0.5, 0.6) is 0 Å². The van der Waals surface area contributed by atoms with Gasteiger partial charge in [0.2, 0.25) is 0 Å². The highest BCUT2D eigenvalue weighted by atomic mass is 32.1. The number of H-pyrrole nitrogens is 1. The molecule has 0 aliphatic rings. The molecule has 8 heteroatoms. The van der Waals surface area contributed by atoms with Crippen molar-refractivity contribution >= 4 is 22.4 Å². The van der Waals surface area contributed by atoms with E-state index in [1.54, 1.807) is 6.92 Å². The third-order valence-electron chi connectivity index (χ3n) is 2.60. The molecule has 0 saturated heterocycles. The molecule has 20 heavy (non-hydrogen) atoms. The molecule has 0 spiro atoms. The Hall–Kier alpha value is -1.96. The number of nitrogens with one attached hydrogen (secondary N) is 1. The van der Waals surface area contributed by atoms with Crippen LogP contribution in [0.1, 0.15) is 33.9 Å². The van der Waals surface area contributed by atoms with E-state index < -0.39 is 0 Å². The van der Waals surface area contributed by atoms with Gasteiger partial charge in [0.25, 0.3) is 0 Å². The van der Waals surface area contributed by atoms with Crippen LogP contribution in [0.4, 0.5) is 5.13 Å². The average Bonchev–Trinajstić information content (AvgIpc) is 2.96. The SMILES string of the molecule is CCOC(=O)c1nc(N(C)Cc2n[nH]c(C)n2)sc1C. The highest BCUT2D eigenvalue weighted by molar-refractivity contribution is 7.15. The summed E-state index contributed by atoms with van der Waals surface area (Å²) in [5.41, 5.74) is 0.380. The molecule has 1 N–H and O–H groups in total. The lowest BCUT2D eigenvalue weighted by molar-refractivity contribution is 0.0519. The van der Waals surface area contributed by atoms with Crippen LogP contribution in [0.2, 0.25) is 0 Å². The summed E-state index contributed by atoms with van der Waals surface area (Å²) in [4.78, 5) is 23.1. The number of esters is 1. The second-order valence-electron chi connectivity index (χ2n) is 4.31. The second-order valence-corrected chi connectivity index (χ2v) is 5.50. The first kappa shape index (κ1) is 14.4. The molecule has 2 heterocycles. The summed E-state index contributed by atoms with van der Waals surface area (Å²) in [6.45, 7) is 6.36. The Balaban J connectivity index is 2.12. The van der Waals surface area contributed by atoms with Crippen LogP contribution in [0.3, 0.4) is 0 Å². The first-order valence-electron chi connectivity index (χ1n) is 6.24. The van der Waals surface area contributed by atoms with E-state index in [4.69, 9.17) is 4.74 Å². The molecule has 0 fully saturated rings. The zero-order chi connectivity index (χ0) is 14.7. The molecule has 0 bridgehead atoms. The van der Waals surface area contributed by atoms with Gasteiger partial charge < -0.3 is 9.64 Å². The maximum absolute atomic E-state index is 11.7. The van der Waals surface area contributed by atoms with E-state index in [9.17, 15) is 4.79 Å². The molecule has 2 aromatic heterocycles. The van der Waals surface area contributed by atoms with Gasteiger partial charge in [0.05, 0.1) is 13.2 Å². The minimum atomic E-state index is -0.380. The first-order chi connectivity index (χ1) is 9.51. The number of anilines is 1. The average molecular weight is 295 g/mol. The van der Waals surface area contributed by atoms with Gasteiger partial charge in [-0.15, -0.1) is 11.3 Å². The fourth-order valence-corrected chi connectivity index (χ4v) is 2.53. The maximum atomic E-state index is 11.7.